The van der Waals surface area contributed by atoms with Crippen LogP contribution in [0.1, 0.15) is 16.8 Å². The summed E-state index contributed by atoms with van der Waals surface area (Å²) in [6.45, 7) is 1.98. The van der Waals surface area contributed by atoms with Gasteiger partial charge in [0.1, 0.15) is 5.58 Å². The van der Waals surface area contributed by atoms with Gasteiger partial charge in [0.05, 0.1) is 5.69 Å². The Balaban J connectivity index is 1.71. The first-order chi connectivity index (χ1) is 13.3. The van der Waals surface area contributed by atoms with Crippen LogP contribution in [0.2, 0.25) is 0 Å². The van der Waals surface area contributed by atoms with Crippen LogP contribution in [-0.4, -0.2) is 9.97 Å². The van der Waals surface area contributed by atoms with Gasteiger partial charge in [0.15, 0.2) is 0 Å². The first-order valence-electron chi connectivity index (χ1n) is 9.07. The number of rotatable bonds is 3. The second kappa shape index (κ2) is 6.36. The van der Waals surface area contributed by atoms with Gasteiger partial charge in [0.2, 0.25) is 5.71 Å². The fraction of sp³-hybridized carbons (Fsp3) is 0.0833. The summed E-state index contributed by atoms with van der Waals surface area (Å²) in [5.41, 5.74) is 6.89. The lowest BCUT2D eigenvalue weighted by Crippen LogP contribution is -1.95. The van der Waals surface area contributed by atoms with Crippen molar-refractivity contribution in [2.45, 2.75) is 13.3 Å². The summed E-state index contributed by atoms with van der Waals surface area (Å²) in [5, 5.41) is 2.12. The maximum Gasteiger partial charge on any atom is 0.227 e. The summed E-state index contributed by atoms with van der Waals surface area (Å²) in [5.74, 6) is 0. The average molecular weight is 350 g/mol. The van der Waals surface area contributed by atoms with Crippen LogP contribution in [0, 0.1) is 6.92 Å². The first-order valence-corrected chi connectivity index (χ1v) is 9.07. The number of para-hydroxylation sites is 1. The van der Waals surface area contributed by atoms with E-state index >= 15 is 0 Å². The van der Waals surface area contributed by atoms with Gasteiger partial charge in [-0.2, -0.15) is 0 Å². The van der Waals surface area contributed by atoms with Crippen molar-refractivity contribution in [1.29, 1.82) is 0 Å². The number of aromatic nitrogens is 2. The zero-order valence-corrected chi connectivity index (χ0v) is 15.0. The highest BCUT2D eigenvalue weighted by Gasteiger charge is 2.16. The van der Waals surface area contributed by atoms with E-state index in [1.807, 2.05) is 31.3 Å². The van der Waals surface area contributed by atoms with E-state index in [4.69, 9.17) is 9.40 Å². The quantitative estimate of drug-likeness (QED) is 0.404. The molecule has 0 atom stereocenters. The second-order valence-corrected chi connectivity index (χ2v) is 6.76. The molecule has 0 saturated heterocycles. The normalized spacial score (nSPS) is 11.3. The smallest absolute Gasteiger partial charge is 0.227 e. The van der Waals surface area contributed by atoms with Crippen LogP contribution in [0.15, 0.2) is 83.4 Å². The SMILES string of the molecule is Cc1ccc2c(n1)oc1c(-c3ncccc3Cc3ccccc3)cccc12. The molecule has 130 valence electrons. The molecule has 27 heavy (non-hydrogen) atoms. The number of nitrogens with zero attached hydrogens (tertiary/aromatic N) is 2. The fourth-order valence-corrected chi connectivity index (χ4v) is 3.60. The van der Waals surface area contributed by atoms with E-state index in [9.17, 15) is 0 Å². The monoisotopic (exact) mass is 350 g/mol. The Bertz CT molecular complexity index is 1260. The molecule has 0 radical (unpaired) electrons. The maximum atomic E-state index is 6.17. The molecule has 3 nitrogen and oxygen atoms in total. The molecule has 2 aromatic carbocycles. The van der Waals surface area contributed by atoms with Crippen LogP contribution in [0.5, 0.6) is 0 Å². The molecule has 0 aliphatic rings. The number of hydrogen-bond donors (Lipinski definition) is 0. The molecule has 0 aliphatic carbocycles. The Labute approximate surface area is 157 Å². The number of aryl methyl sites for hydroxylation is 1. The van der Waals surface area contributed by atoms with Crippen LogP contribution in [0.25, 0.3) is 33.3 Å². The van der Waals surface area contributed by atoms with E-state index in [0.29, 0.717) is 5.71 Å². The van der Waals surface area contributed by atoms with Gasteiger partial charge < -0.3 is 4.42 Å². The van der Waals surface area contributed by atoms with Crippen LogP contribution in [0.3, 0.4) is 0 Å². The highest BCUT2D eigenvalue weighted by atomic mass is 16.3. The van der Waals surface area contributed by atoms with Crippen molar-refractivity contribution in [2.24, 2.45) is 0 Å². The third kappa shape index (κ3) is 2.77. The van der Waals surface area contributed by atoms with Crippen molar-refractivity contribution < 1.29 is 4.42 Å². The van der Waals surface area contributed by atoms with Crippen molar-refractivity contribution in [3.05, 3.63) is 95.8 Å². The van der Waals surface area contributed by atoms with Crippen molar-refractivity contribution >= 4 is 22.1 Å². The lowest BCUT2D eigenvalue weighted by atomic mass is 9.98. The Morgan fingerprint density at radius 3 is 2.59 bits per heavy atom. The minimum atomic E-state index is 0.679. The predicted molar refractivity (Wildman–Crippen MR) is 109 cm³/mol. The number of furan rings is 1. The number of pyridine rings is 2. The number of benzene rings is 2. The molecule has 0 spiro atoms. The third-order valence-electron chi connectivity index (χ3n) is 4.89. The van der Waals surface area contributed by atoms with Crippen LogP contribution >= 0.6 is 0 Å². The Morgan fingerprint density at radius 2 is 1.70 bits per heavy atom. The van der Waals surface area contributed by atoms with Gasteiger partial charge in [-0.25, -0.2) is 4.98 Å². The Hall–Kier alpha value is -3.46. The third-order valence-corrected chi connectivity index (χ3v) is 4.89. The van der Waals surface area contributed by atoms with Gasteiger partial charge in [-0.05, 0) is 48.7 Å². The zero-order chi connectivity index (χ0) is 18.2. The molecule has 3 aromatic heterocycles. The van der Waals surface area contributed by atoms with Gasteiger partial charge in [0.25, 0.3) is 0 Å². The Morgan fingerprint density at radius 1 is 0.815 bits per heavy atom. The predicted octanol–water partition coefficient (Wildman–Crippen LogP) is 5.94. The Kier molecular flexibility index (Phi) is 3.72. The molecule has 0 aliphatic heterocycles. The van der Waals surface area contributed by atoms with Gasteiger partial charge in [-0.3, -0.25) is 4.98 Å². The van der Waals surface area contributed by atoms with Gasteiger partial charge >= 0.3 is 0 Å². The topological polar surface area (TPSA) is 38.9 Å². The molecular weight excluding hydrogens is 332 g/mol. The van der Waals surface area contributed by atoms with E-state index in [0.717, 1.165) is 39.7 Å². The molecule has 3 heterocycles. The lowest BCUT2D eigenvalue weighted by Gasteiger charge is -2.09. The van der Waals surface area contributed by atoms with Crippen LogP contribution in [-0.2, 0) is 6.42 Å². The van der Waals surface area contributed by atoms with E-state index in [2.05, 4.69) is 59.6 Å². The summed E-state index contributed by atoms with van der Waals surface area (Å²) in [4.78, 5) is 9.25. The summed E-state index contributed by atoms with van der Waals surface area (Å²) in [6.07, 6.45) is 2.67. The summed E-state index contributed by atoms with van der Waals surface area (Å²) >= 11 is 0. The second-order valence-electron chi connectivity index (χ2n) is 6.76. The van der Waals surface area contributed by atoms with E-state index in [-0.39, 0.29) is 0 Å². The molecule has 0 fully saturated rings. The standard InChI is InChI=1S/C24H18N2O/c1-16-12-13-20-19-10-5-11-21(23(19)27-24(20)26-16)22-18(9-6-14-25-22)15-17-7-3-2-4-8-17/h2-14H,15H2,1H3. The minimum absolute atomic E-state index is 0.679. The van der Waals surface area contributed by atoms with Crippen molar-refractivity contribution in [1.82, 2.24) is 9.97 Å². The highest BCUT2D eigenvalue weighted by Crippen LogP contribution is 2.35. The molecular formula is C24H18N2O. The fourth-order valence-electron chi connectivity index (χ4n) is 3.60. The van der Waals surface area contributed by atoms with E-state index < -0.39 is 0 Å². The van der Waals surface area contributed by atoms with Crippen LogP contribution in [0.4, 0.5) is 0 Å². The maximum absolute atomic E-state index is 6.17. The van der Waals surface area contributed by atoms with Crippen molar-refractivity contribution in [2.75, 3.05) is 0 Å². The minimum Gasteiger partial charge on any atom is -0.437 e. The van der Waals surface area contributed by atoms with E-state index in [1.54, 1.807) is 0 Å². The first kappa shape index (κ1) is 15.8. The van der Waals surface area contributed by atoms with Crippen molar-refractivity contribution in [3.63, 3.8) is 0 Å². The molecule has 0 bridgehead atoms. The van der Waals surface area contributed by atoms with Crippen LogP contribution < -0.4 is 0 Å². The van der Waals surface area contributed by atoms with E-state index in [1.165, 1.54) is 11.1 Å². The lowest BCUT2D eigenvalue weighted by molar-refractivity contribution is 0.653. The van der Waals surface area contributed by atoms with Gasteiger partial charge in [0, 0.05) is 28.2 Å². The molecule has 0 unspecified atom stereocenters. The highest BCUT2D eigenvalue weighted by molar-refractivity contribution is 6.08. The molecule has 0 saturated carbocycles. The van der Waals surface area contributed by atoms with Gasteiger partial charge in [-0.15, -0.1) is 0 Å². The number of fused-ring (bicyclic) bond motifs is 3. The molecule has 0 amide bonds. The number of hydrogen-bond acceptors (Lipinski definition) is 3. The largest absolute Gasteiger partial charge is 0.437 e. The molecule has 0 N–H and O–H groups in total. The summed E-state index contributed by atoms with van der Waals surface area (Å²) in [6, 6.07) is 24.9. The molecule has 5 rings (SSSR count). The molecule has 5 aromatic rings. The average Bonchev–Trinajstić information content (AvgIpc) is 3.07. The van der Waals surface area contributed by atoms with Crippen molar-refractivity contribution in [3.8, 4) is 11.3 Å². The van der Waals surface area contributed by atoms with Gasteiger partial charge in [-0.1, -0.05) is 48.5 Å². The summed E-state index contributed by atoms with van der Waals surface area (Å²) in [7, 11) is 0. The zero-order valence-electron chi connectivity index (χ0n) is 15.0. The summed E-state index contributed by atoms with van der Waals surface area (Å²) < 4.78 is 6.17. The molecule has 3 heteroatoms.